The van der Waals surface area contributed by atoms with Gasteiger partial charge >= 0.3 is 0 Å². The molecule has 0 saturated heterocycles. The number of H-pyrrole nitrogens is 2. The van der Waals surface area contributed by atoms with Crippen LogP contribution in [0.25, 0.3) is 22.1 Å². The zero-order valence-electron chi connectivity index (χ0n) is 17.5. The SMILES string of the molecule is CCCc1ccccc1N(Cc1nc2ccccc2[nH]1)Cc1nc2ccccc2[nH]1.[Cr]. The van der Waals surface area contributed by atoms with Crippen molar-refractivity contribution >= 4 is 27.8 Å². The maximum Gasteiger partial charge on any atom is 0.126 e. The third-order valence-electron chi connectivity index (χ3n) is 5.41. The van der Waals surface area contributed by atoms with Gasteiger partial charge in [-0.1, -0.05) is 55.8 Å². The minimum Gasteiger partial charge on any atom is -0.356 e. The Balaban J connectivity index is 0.00000231. The molecule has 31 heavy (non-hydrogen) atoms. The van der Waals surface area contributed by atoms with Crippen LogP contribution in [0.4, 0.5) is 5.69 Å². The standard InChI is InChI=1S/C25H25N5.Cr/c1-2-9-18-10-3-8-15-23(18)30(16-24-26-19-11-4-5-12-20(19)27-24)17-25-28-21-13-6-7-14-22(21)29-25;/h3-8,10-15H,2,9,16-17H2,1H3,(H,26,27)(H,28,29);. The van der Waals surface area contributed by atoms with Gasteiger partial charge in [0.2, 0.25) is 0 Å². The Morgan fingerprint density at radius 3 is 1.77 bits per heavy atom. The summed E-state index contributed by atoms with van der Waals surface area (Å²) >= 11 is 0. The molecule has 0 aliphatic heterocycles. The molecule has 0 atom stereocenters. The predicted molar refractivity (Wildman–Crippen MR) is 123 cm³/mol. The van der Waals surface area contributed by atoms with E-state index in [0.29, 0.717) is 13.1 Å². The molecule has 5 nitrogen and oxygen atoms in total. The second kappa shape index (κ2) is 9.38. The summed E-state index contributed by atoms with van der Waals surface area (Å²) < 4.78 is 0. The molecule has 2 aromatic heterocycles. The molecule has 2 N–H and O–H groups in total. The topological polar surface area (TPSA) is 60.6 Å². The van der Waals surface area contributed by atoms with E-state index < -0.39 is 0 Å². The van der Waals surface area contributed by atoms with Gasteiger partial charge in [-0.05, 0) is 42.3 Å². The van der Waals surface area contributed by atoms with Crippen LogP contribution in [-0.4, -0.2) is 19.9 Å². The number of aromatic amines is 2. The molecule has 0 aliphatic rings. The molecule has 0 amide bonds. The molecule has 2 heterocycles. The number of aryl methyl sites for hydroxylation is 1. The number of aromatic nitrogens is 4. The Kier molecular flexibility index (Phi) is 6.41. The van der Waals surface area contributed by atoms with Crippen LogP contribution in [-0.2, 0) is 36.9 Å². The van der Waals surface area contributed by atoms with Gasteiger partial charge in [-0.25, -0.2) is 9.97 Å². The van der Waals surface area contributed by atoms with Gasteiger partial charge in [0.1, 0.15) is 11.6 Å². The number of imidazole rings is 2. The van der Waals surface area contributed by atoms with Crippen LogP contribution in [0.5, 0.6) is 0 Å². The van der Waals surface area contributed by atoms with Gasteiger partial charge < -0.3 is 14.9 Å². The third kappa shape index (κ3) is 4.51. The van der Waals surface area contributed by atoms with Crippen LogP contribution < -0.4 is 4.90 Å². The van der Waals surface area contributed by atoms with Crippen molar-refractivity contribution in [2.24, 2.45) is 0 Å². The zero-order chi connectivity index (χ0) is 20.3. The Morgan fingerprint density at radius 2 is 1.23 bits per heavy atom. The van der Waals surface area contributed by atoms with E-state index in [1.165, 1.54) is 11.3 Å². The predicted octanol–water partition coefficient (Wildman–Crippen LogP) is 5.60. The van der Waals surface area contributed by atoms with E-state index in [1.807, 2.05) is 36.4 Å². The molecule has 0 saturated carbocycles. The third-order valence-corrected chi connectivity index (χ3v) is 5.41. The molecule has 0 radical (unpaired) electrons. The Hall–Kier alpha value is -3.07. The van der Waals surface area contributed by atoms with Gasteiger partial charge in [0, 0.05) is 23.0 Å². The summed E-state index contributed by atoms with van der Waals surface area (Å²) in [4.78, 5) is 18.9. The first-order valence-corrected chi connectivity index (χ1v) is 10.5. The second-order valence-corrected chi connectivity index (χ2v) is 7.64. The largest absolute Gasteiger partial charge is 0.356 e. The van der Waals surface area contributed by atoms with E-state index in [1.54, 1.807) is 0 Å². The summed E-state index contributed by atoms with van der Waals surface area (Å²) in [6.45, 7) is 3.60. The van der Waals surface area contributed by atoms with Crippen molar-refractivity contribution in [2.45, 2.75) is 32.9 Å². The summed E-state index contributed by atoms with van der Waals surface area (Å²) in [6, 6.07) is 25.0. The number of hydrogen-bond donors (Lipinski definition) is 2. The van der Waals surface area contributed by atoms with Crippen molar-refractivity contribution in [1.82, 2.24) is 19.9 Å². The summed E-state index contributed by atoms with van der Waals surface area (Å²) in [5.74, 6) is 1.91. The fraction of sp³-hybridized carbons (Fsp3) is 0.200. The Labute approximate surface area is 192 Å². The molecule has 0 aliphatic carbocycles. The molecular weight excluding hydrogens is 422 g/mol. The maximum atomic E-state index is 4.81. The Morgan fingerprint density at radius 1 is 0.710 bits per heavy atom. The molecule has 5 rings (SSSR count). The minimum absolute atomic E-state index is 0. The van der Waals surface area contributed by atoms with E-state index in [2.05, 4.69) is 58.2 Å². The molecule has 6 heteroatoms. The molecule has 5 aromatic rings. The van der Waals surface area contributed by atoms with Gasteiger partial charge in [-0.2, -0.15) is 0 Å². The van der Waals surface area contributed by atoms with Gasteiger partial charge in [-0.3, -0.25) is 0 Å². The minimum atomic E-state index is 0. The normalized spacial score (nSPS) is 11.0. The van der Waals surface area contributed by atoms with Gasteiger partial charge in [-0.15, -0.1) is 0 Å². The maximum absolute atomic E-state index is 4.81. The summed E-state index contributed by atoms with van der Waals surface area (Å²) in [5, 5.41) is 0. The molecule has 0 spiro atoms. The summed E-state index contributed by atoms with van der Waals surface area (Å²) in [5.41, 5.74) is 6.72. The number of nitrogens with one attached hydrogen (secondary N) is 2. The fourth-order valence-electron chi connectivity index (χ4n) is 4.05. The van der Waals surface area contributed by atoms with Crippen molar-refractivity contribution in [2.75, 3.05) is 4.90 Å². The first kappa shape index (κ1) is 21.2. The Bertz CT molecular complexity index is 1150. The number of rotatable bonds is 7. The van der Waals surface area contributed by atoms with Crippen LogP contribution in [0.3, 0.4) is 0 Å². The number of nitrogens with zero attached hydrogens (tertiary/aromatic N) is 3. The molecule has 0 bridgehead atoms. The van der Waals surface area contributed by atoms with Crippen LogP contribution in [0.1, 0.15) is 30.6 Å². The van der Waals surface area contributed by atoms with Crippen LogP contribution >= 0.6 is 0 Å². The first-order chi connectivity index (χ1) is 14.8. The number of para-hydroxylation sites is 5. The second-order valence-electron chi connectivity index (χ2n) is 7.64. The number of fused-ring (bicyclic) bond motifs is 2. The van der Waals surface area contributed by atoms with E-state index in [4.69, 9.17) is 9.97 Å². The average Bonchev–Trinajstić information content (AvgIpc) is 3.36. The molecule has 0 unspecified atom stereocenters. The number of benzene rings is 3. The van der Waals surface area contributed by atoms with Crippen LogP contribution in [0, 0.1) is 0 Å². The fourth-order valence-corrected chi connectivity index (χ4v) is 4.05. The van der Waals surface area contributed by atoms with Crippen molar-refractivity contribution in [3.8, 4) is 0 Å². The zero-order valence-corrected chi connectivity index (χ0v) is 18.8. The van der Waals surface area contributed by atoms with E-state index >= 15 is 0 Å². The van der Waals surface area contributed by atoms with Crippen molar-refractivity contribution < 1.29 is 17.4 Å². The first-order valence-electron chi connectivity index (χ1n) is 10.5. The van der Waals surface area contributed by atoms with Crippen LogP contribution in [0.2, 0.25) is 0 Å². The molecular formula is C25H25CrN5. The van der Waals surface area contributed by atoms with Gasteiger partial charge in [0.25, 0.3) is 0 Å². The molecule has 156 valence electrons. The van der Waals surface area contributed by atoms with Crippen molar-refractivity contribution in [1.29, 1.82) is 0 Å². The summed E-state index contributed by atoms with van der Waals surface area (Å²) in [6.07, 6.45) is 2.16. The van der Waals surface area contributed by atoms with E-state index in [0.717, 1.165) is 46.6 Å². The average molecular weight is 448 g/mol. The van der Waals surface area contributed by atoms with E-state index in [-0.39, 0.29) is 17.4 Å². The van der Waals surface area contributed by atoms with Crippen LogP contribution in [0.15, 0.2) is 72.8 Å². The van der Waals surface area contributed by atoms with E-state index in [9.17, 15) is 0 Å². The molecule has 3 aromatic carbocycles. The monoisotopic (exact) mass is 447 g/mol. The summed E-state index contributed by atoms with van der Waals surface area (Å²) in [7, 11) is 0. The van der Waals surface area contributed by atoms with Gasteiger partial charge in [0.15, 0.2) is 0 Å². The molecule has 0 fully saturated rings. The van der Waals surface area contributed by atoms with Crippen molar-refractivity contribution in [3.05, 3.63) is 90.0 Å². The van der Waals surface area contributed by atoms with Crippen molar-refractivity contribution in [3.63, 3.8) is 0 Å². The smallest absolute Gasteiger partial charge is 0.126 e. The number of anilines is 1. The van der Waals surface area contributed by atoms with Gasteiger partial charge in [0.05, 0.1) is 35.2 Å². The quantitative estimate of drug-likeness (QED) is 0.342. The number of hydrogen-bond acceptors (Lipinski definition) is 3.